The van der Waals surface area contributed by atoms with Crippen molar-refractivity contribution in [1.29, 1.82) is 0 Å². The summed E-state index contributed by atoms with van der Waals surface area (Å²) in [7, 11) is 2.96. The fraction of sp³-hybridized carbons (Fsp3) is 0.333. The zero-order valence-corrected chi connectivity index (χ0v) is 24.2. The first-order chi connectivity index (χ1) is 21.0. The first-order valence-corrected chi connectivity index (χ1v) is 14.7. The lowest BCUT2D eigenvalue weighted by Crippen LogP contribution is -2.26. The van der Waals surface area contributed by atoms with Crippen molar-refractivity contribution in [2.75, 3.05) is 27.3 Å². The number of aromatic nitrogens is 4. The van der Waals surface area contributed by atoms with Crippen LogP contribution in [0.5, 0.6) is 5.75 Å². The smallest absolute Gasteiger partial charge is 0.357 e. The largest absolute Gasteiger partial charge is 0.494 e. The van der Waals surface area contributed by atoms with Crippen molar-refractivity contribution >= 4 is 34.0 Å². The Morgan fingerprint density at radius 1 is 0.884 bits per heavy atom. The van der Waals surface area contributed by atoms with Crippen LogP contribution in [-0.4, -0.2) is 63.4 Å². The molecule has 1 aliphatic heterocycles. The van der Waals surface area contributed by atoms with Crippen molar-refractivity contribution in [1.82, 2.24) is 24.2 Å². The van der Waals surface area contributed by atoms with Crippen molar-refractivity contribution in [2.45, 2.75) is 32.4 Å². The summed E-state index contributed by atoms with van der Waals surface area (Å²) in [5.74, 6) is 1.33. The molecular weight excluding hydrogens is 546 g/mol. The topological polar surface area (TPSA) is 101 Å². The standard InChI is InChI=1S/C33H33N5O5/c1-41-28-17-25(32(39)42-2)15-26-29(28)38(20-22-12-14-36(18-22)43-33(40)23-7-4-3-5-8-23)31(35-26)27-16-24-9-6-13-34-30(24)37(27)19-21-10-11-21/h3-9,13,15-17,21-22H,10-12,14,18-20H2,1-2H3/t22-/m0/s1. The van der Waals surface area contributed by atoms with Crippen LogP contribution in [0.4, 0.5) is 0 Å². The van der Waals surface area contributed by atoms with Gasteiger partial charge in [0, 0.05) is 37.8 Å². The van der Waals surface area contributed by atoms with Gasteiger partial charge in [0.1, 0.15) is 16.9 Å². The van der Waals surface area contributed by atoms with E-state index in [2.05, 4.69) is 21.3 Å². The van der Waals surface area contributed by atoms with Gasteiger partial charge in [-0.05, 0) is 73.6 Å². The van der Waals surface area contributed by atoms with E-state index < -0.39 is 5.97 Å². The lowest BCUT2D eigenvalue weighted by atomic mass is 10.1. The fourth-order valence-corrected chi connectivity index (χ4v) is 6.04. The maximum Gasteiger partial charge on any atom is 0.357 e. The molecule has 0 N–H and O–H groups in total. The molecule has 0 unspecified atom stereocenters. The van der Waals surface area contributed by atoms with Gasteiger partial charge >= 0.3 is 11.9 Å². The summed E-state index contributed by atoms with van der Waals surface area (Å²) in [6, 6.07) is 18.7. The molecule has 2 aliphatic rings. The number of carbonyl (C=O) groups excluding carboxylic acids is 2. The van der Waals surface area contributed by atoms with Crippen LogP contribution in [0.3, 0.4) is 0 Å². The van der Waals surface area contributed by atoms with Crippen LogP contribution in [0, 0.1) is 11.8 Å². The Hall–Kier alpha value is -4.70. The van der Waals surface area contributed by atoms with Gasteiger partial charge in [-0.3, -0.25) is 0 Å². The maximum absolute atomic E-state index is 12.7. The molecule has 0 radical (unpaired) electrons. The number of hydrogen-bond donors (Lipinski definition) is 0. The van der Waals surface area contributed by atoms with E-state index in [1.54, 1.807) is 36.4 Å². The molecule has 1 aliphatic carbocycles. The summed E-state index contributed by atoms with van der Waals surface area (Å²) in [4.78, 5) is 40.8. The molecule has 0 amide bonds. The number of esters is 1. The van der Waals surface area contributed by atoms with Crippen molar-refractivity contribution in [3.05, 3.63) is 78.0 Å². The predicted molar refractivity (Wildman–Crippen MR) is 161 cm³/mol. The molecule has 1 saturated heterocycles. The lowest BCUT2D eigenvalue weighted by molar-refractivity contribution is -0.0954. The maximum atomic E-state index is 12.7. The second-order valence-corrected chi connectivity index (χ2v) is 11.4. The van der Waals surface area contributed by atoms with Crippen molar-refractivity contribution in [2.24, 2.45) is 11.8 Å². The van der Waals surface area contributed by atoms with E-state index >= 15 is 0 Å². The van der Waals surface area contributed by atoms with Gasteiger partial charge in [0.2, 0.25) is 0 Å². The highest BCUT2D eigenvalue weighted by Crippen LogP contribution is 2.38. The SMILES string of the molecule is COC(=O)c1cc(OC)c2c(c1)nc(-c1cc3cccnc3n1CC1CC1)n2C[C@H]1CCN(OC(=O)c2ccccc2)C1. The number of hydroxylamine groups is 2. The molecule has 2 fully saturated rings. The summed E-state index contributed by atoms with van der Waals surface area (Å²) >= 11 is 0. The van der Waals surface area contributed by atoms with Crippen LogP contribution in [-0.2, 0) is 22.7 Å². The quantitative estimate of drug-likeness (QED) is 0.216. The number of carbonyl (C=O) groups is 2. The molecule has 0 spiro atoms. The number of pyridine rings is 1. The van der Waals surface area contributed by atoms with Gasteiger partial charge in [-0.1, -0.05) is 18.2 Å². The zero-order chi connectivity index (χ0) is 29.5. The van der Waals surface area contributed by atoms with Gasteiger partial charge in [0.25, 0.3) is 0 Å². The van der Waals surface area contributed by atoms with Crippen LogP contribution < -0.4 is 4.74 Å². The molecule has 43 heavy (non-hydrogen) atoms. The number of imidazole rings is 1. The van der Waals surface area contributed by atoms with Crippen molar-refractivity contribution < 1.29 is 23.9 Å². The van der Waals surface area contributed by atoms with E-state index in [4.69, 9.17) is 24.3 Å². The van der Waals surface area contributed by atoms with E-state index in [1.165, 1.54) is 20.0 Å². The Morgan fingerprint density at radius 3 is 2.47 bits per heavy atom. The monoisotopic (exact) mass is 579 g/mol. The van der Waals surface area contributed by atoms with Crippen LogP contribution in [0.25, 0.3) is 33.6 Å². The van der Waals surface area contributed by atoms with E-state index in [-0.39, 0.29) is 11.9 Å². The highest BCUT2D eigenvalue weighted by molar-refractivity contribution is 5.97. The molecule has 2 aromatic carbocycles. The normalized spacial score (nSPS) is 17.0. The molecule has 220 valence electrons. The van der Waals surface area contributed by atoms with Gasteiger partial charge in [0.15, 0.2) is 5.82 Å². The predicted octanol–water partition coefficient (Wildman–Crippen LogP) is 5.35. The number of rotatable bonds is 9. The lowest BCUT2D eigenvalue weighted by Gasteiger charge is -2.18. The van der Waals surface area contributed by atoms with E-state index in [1.807, 2.05) is 30.5 Å². The number of hydrogen-bond acceptors (Lipinski definition) is 8. The average Bonchev–Trinajstić information content (AvgIpc) is 3.47. The molecule has 10 nitrogen and oxygen atoms in total. The van der Waals surface area contributed by atoms with E-state index in [9.17, 15) is 9.59 Å². The van der Waals surface area contributed by atoms with E-state index in [0.29, 0.717) is 47.9 Å². The number of ether oxygens (including phenoxy) is 2. The highest BCUT2D eigenvalue weighted by atomic mass is 16.7. The fourth-order valence-electron chi connectivity index (χ4n) is 6.04. The third-order valence-corrected chi connectivity index (χ3v) is 8.38. The minimum absolute atomic E-state index is 0.184. The Labute approximate surface area is 248 Å². The number of fused-ring (bicyclic) bond motifs is 2. The molecule has 4 heterocycles. The Morgan fingerprint density at radius 2 is 1.70 bits per heavy atom. The van der Waals surface area contributed by atoms with Crippen LogP contribution >= 0.6 is 0 Å². The summed E-state index contributed by atoms with van der Waals surface area (Å²) in [6.45, 7) is 2.72. The Kier molecular flexibility index (Phi) is 7.06. The molecule has 3 aromatic heterocycles. The van der Waals surface area contributed by atoms with Crippen LogP contribution in [0.15, 0.2) is 66.9 Å². The minimum Gasteiger partial charge on any atom is -0.494 e. The molecule has 10 heteroatoms. The molecule has 1 atom stereocenters. The first-order valence-electron chi connectivity index (χ1n) is 14.7. The number of nitrogens with zero attached hydrogens (tertiary/aromatic N) is 5. The molecule has 5 aromatic rings. The van der Waals surface area contributed by atoms with Gasteiger partial charge in [-0.15, -0.1) is 5.06 Å². The summed E-state index contributed by atoms with van der Waals surface area (Å²) in [5.41, 5.74) is 4.27. The molecule has 1 saturated carbocycles. The van der Waals surface area contributed by atoms with Crippen LogP contribution in [0.2, 0.25) is 0 Å². The summed E-state index contributed by atoms with van der Waals surface area (Å²) in [5, 5.41) is 2.80. The molecule has 0 bridgehead atoms. The molecular formula is C33H33N5O5. The van der Waals surface area contributed by atoms with Gasteiger partial charge < -0.3 is 23.4 Å². The van der Waals surface area contributed by atoms with Crippen molar-refractivity contribution in [3.8, 4) is 17.3 Å². The second-order valence-electron chi connectivity index (χ2n) is 11.4. The van der Waals surface area contributed by atoms with Gasteiger partial charge in [-0.2, -0.15) is 0 Å². The second kappa shape index (κ2) is 11.2. The zero-order valence-electron chi connectivity index (χ0n) is 24.2. The Bertz CT molecular complexity index is 1820. The Balaban J connectivity index is 1.29. The summed E-state index contributed by atoms with van der Waals surface area (Å²) in [6.07, 6.45) is 5.08. The van der Waals surface area contributed by atoms with Crippen molar-refractivity contribution in [3.63, 3.8) is 0 Å². The van der Waals surface area contributed by atoms with E-state index in [0.717, 1.165) is 41.0 Å². The highest BCUT2D eigenvalue weighted by Gasteiger charge is 2.31. The minimum atomic E-state index is -0.449. The van der Waals surface area contributed by atoms with Gasteiger partial charge in [0.05, 0.1) is 36.6 Å². The number of methoxy groups -OCH3 is 2. The molecule has 7 rings (SSSR count). The van der Waals surface area contributed by atoms with Gasteiger partial charge in [-0.25, -0.2) is 19.6 Å². The third kappa shape index (κ3) is 5.23. The summed E-state index contributed by atoms with van der Waals surface area (Å²) < 4.78 is 15.3. The number of benzene rings is 2. The van der Waals surface area contributed by atoms with Crippen LogP contribution in [0.1, 0.15) is 40.0 Å². The first kappa shape index (κ1) is 27.2. The average molecular weight is 580 g/mol. The third-order valence-electron chi connectivity index (χ3n) is 8.38.